The first-order valence-electron chi connectivity index (χ1n) is 8.52. The molecule has 0 radical (unpaired) electrons. The lowest BCUT2D eigenvalue weighted by atomic mass is 10.1. The first-order chi connectivity index (χ1) is 12.5. The average molecular weight is 374 g/mol. The Balaban J connectivity index is 1.67. The van der Waals surface area contributed by atoms with Gasteiger partial charge in [0.2, 0.25) is 0 Å². The van der Waals surface area contributed by atoms with Crippen LogP contribution < -0.4 is 5.32 Å². The number of carbonyl (C=O) groups excluding carboxylic acids is 1. The van der Waals surface area contributed by atoms with Gasteiger partial charge < -0.3 is 15.3 Å². The predicted molar refractivity (Wildman–Crippen MR) is 100 cm³/mol. The lowest BCUT2D eigenvalue weighted by Gasteiger charge is -2.24. The van der Waals surface area contributed by atoms with Gasteiger partial charge in [0, 0.05) is 30.4 Å². The minimum atomic E-state index is -0.919. The van der Waals surface area contributed by atoms with Gasteiger partial charge in [0.25, 0.3) is 0 Å². The topological polar surface area (TPSA) is 85.8 Å². The van der Waals surface area contributed by atoms with Gasteiger partial charge in [-0.05, 0) is 37.6 Å². The van der Waals surface area contributed by atoms with Crippen molar-refractivity contribution in [2.45, 2.75) is 25.4 Å². The number of nitrogens with one attached hydrogen (secondary N) is 1. The normalized spacial score (nSPS) is 15.2. The molecule has 1 aromatic carbocycles. The monoisotopic (exact) mass is 374 g/mol. The van der Waals surface area contributed by atoms with Gasteiger partial charge in [-0.15, -0.1) is 11.3 Å². The van der Waals surface area contributed by atoms with Gasteiger partial charge in [0.15, 0.2) is 0 Å². The van der Waals surface area contributed by atoms with E-state index in [1.165, 1.54) is 11.3 Å². The zero-order valence-corrected chi connectivity index (χ0v) is 15.4. The second-order valence-corrected chi connectivity index (χ2v) is 7.31. The number of rotatable bonds is 6. The number of nitrogens with zero attached hydrogens (tertiary/aromatic N) is 3. The van der Waals surface area contributed by atoms with E-state index >= 15 is 0 Å². The summed E-state index contributed by atoms with van der Waals surface area (Å²) in [7, 11) is 1.77. The Bertz CT molecular complexity index is 742. The molecular weight excluding hydrogens is 352 g/mol. The zero-order valence-electron chi connectivity index (χ0n) is 14.6. The number of carboxylic acids is 1. The first-order valence-corrected chi connectivity index (χ1v) is 9.40. The van der Waals surface area contributed by atoms with Crippen molar-refractivity contribution in [2.24, 2.45) is 0 Å². The lowest BCUT2D eigenvalue weighted by molar-refractivity contribution is -0.143. The van der Waals surface area contributed by atoms with Crippen LogP contribution in [0.3, 0.4) is 0 Å². The Morgan fingerprint density at radius 1 is 1.31 bits per heavy atom. The molecule has 2 amide bonds. The maximum atomic E-state index is 12.1. The third kappa shape index (κ3) is 4.39. The number of hydrogen-bond donors (Lipinski definition) is 2. The van der Waals surface area contributed by atoms with Crippen LogP contribution in [0.15, 0.2) is 35.8 Å². The van der Waals surface area contributed by atoms with Crippen LogP contribution in [0.1, 0.15) is 29.5 Å². The fraction of sp³-hybridized carbons (Fsp3) is 0.389. The highest BCUT2D eigenvalue weighted by atomic mass is 32.1. The number of aliphatic carboxylic acids is 1. The number of carboxylic acid groups (broad SMARTS) is 1. The molecule has 0 bridgehead atoms. The summed E-state index contributed by atoms with van der Waals surface area (Å²) < 4.78 is 0. The molecule has 0 aliphatic carbocycles. The van der Waals surface area contributed by atoms with E-state index in [0.29, 0.717) is 17.8 Å². The van der Waals surface area contributed by atoms with E-state index in [0.717, 1.165) is 30.9 Å². The molecule has 1 fully saturated rings. The smallest absolute Gasteiger partial charge is 0.325 e. The summed E-state index contributed by atoms with van der Waals surface area (Å²) >= 11 is 1.50. The summed E-state index contributed by atoms with van der Waals surface area (Å²) in [4.78, 5) is 31.7. The van der Waals surface area contributed by atoms with Gasteiger partial charge in [0.1, 0.15) is 11.0 Å². The largest absolute Gasteiger partial charge is 0.480 e. The SMILES string of the molecule is CN(Cc1nccs1)[C@H](C(=O)O)c1ccc(NC(=O)N2CCCC2)cc1. The molecule has 1 aliphatic heterocycles. The van der Waals surface area contributed by atoms with Gasteiger partial charge in [-0.25, -0.2) is 9.78 Å². The Morgan fingerprint density at radius 3 is 2.58 bits per heavy atom. The zero-order chi connectivity index (χ0) is 18.5. The fourth-order valence-corrected chi connectivity index (χ4v) is 3.77. The molecular formula is C18H22N4O3S. The van der Waals surface area contributed by atoms with Gasteiger partial charge in [-0.2, -0.15) is 0 Å². The second-order valence-electron chi connectivity index (χ2n) is 6.33. The van der Waals surface area contributed by atoms with Crippen molar-refractivity contribution < 1.29 is 14.7 Å². The van der Waals surface area contributed by atoms with E-state index < -0.39 is 12.0 Å². The predicted octanol–water partition coefficient (Wildman–Crippen LogP) is 3.03. The number of likely N-dealkylation sites (tertiary alicyclic amines) is 1. The van der Waals surface area contributed by atoms with Crippen molar-refractivity contribution >= 4 is 29.0 Å². The molecule has 2 heterocycles. The number of urea groups is 1. The number of likely N-dealkylation sites (N-methyl/N-ethyl adjacent to an activating group) is 1. The summed E-state index contributed by atoms with van der Waals surface area (Å²) in [6.07, 6.45) is 3.79. The third-order valence-corrected chi connectivity index (χ3v) is 5.18. The van der Waals surface area contributed by atoms with E-state index in [4.69, 9.17) is 0 Å². The number of aromatic nitrogens is 1. The Hall–Kier alpha value is -2.45. The van der Waals surface area contributed by atoms with Crippen LogP contribution >= 0.6 is 11.3 Å². The molecule has 0 spiro atoms. The number of carbonyl (C=O) groups is 2. The van der Waals surface area contributed by atoms with Gasteiger partial charge in [-0.1, -0.05) is 12.1 Å². The van der Waals surface area contributed by atoms with Crippen LogP contribution in [0.4, 0.5) is 10.5 Å². The number of benzene rings is 1. The fourth-order valence-electron chi connectivity index (χ4n) is 3.09. The minimum Gasteiger partial charge on any atom is -0.480 e. The maximum absolute atomic E-state index is 12.1. The highest BCUT2D eigenvalue weighted by molar-refractivity contribution is 7.09. The Morgan fingerprint density at radius 2 is 2.00 bits per heavy atom. The standard InChI is InChI=1S/C18H22N4O3S/c1-21(12-15-19-8-11-26-15)16(17(23)24)13-4-6-14(7-5-13)20-18(25)22-9-2-3-10-22/h4-8,11,16H,2-3,9-10,12H2,1H3,(H,20,25)(H,23,24)/t16-/m0/s1. The van der Waals surface area contributed by atoms with Crippen molar-refractivity contribution in [1.29, 1.82) is 0 Å². The summed E-state index contributed by atoms with van der Waals surface area (Å²) in [6, 6.07) is 6.11. The van der Waals surface area contributed by atoms with Gasteiger partial charge >= 0.3 is 12.0 Å². The Kier molecular flexibility index (Phi) is 5.85. The molecule has 2 N–H and O–H groups in total. The van der Waals surface area contributed by atoms with E-state index in [1.54, 1.807) is 47.3 Å². The minimum absolute atomic E-state index is 0.106. The highest BCUT2D eigenvalue weighted by Gasteiger charge is 2.25. The van der Waals surface area contributed by atoms with Crippen molar-refractivity contribution in [2.75, 3.05) is 25.5 Å². The van der Waals surface area contributed by atoms with Crippen molar-refractivity contribution in [1.82, 2.24) is 14.8 Å². The molecule has 0 saturated carbocycles. The van der Waals surface area contributed by atoms with Crippen LogP contribution in [-0.2, 0) is 11.3 Å². The lowest BCUT2D eigenvalue weighted by Crippen LogP contribution is -2.32. The maximum Gasteiger partial charge on any atom is 0.325 e. The van der Waals surface area contributed by atoms with Crippen molar-refractivity contribution in [3.8, 4) is 0 Å². The van der Waals surface area contributed by atoms with E-state index in [9.17, 15) is 14.7 Å². The van der Waals surface area contributed by atoms with E-state index in [-0.39, 0.29) is 6.03 Å². The third-order valence-electron chi connectivity index (χ3n) is 4.41. The highest BCUT2D eigenvalue weighted by Crippen LogP contribution is 2.24. The number of amides is 2. The van der Waals surface area contributed by atoms with E-state index in [1.807, 2.05) is 5.38 Å². The van der Waals surface area contributed by atoms with Crippen LogP contribution in [0.25, 0.3) is 0 Å². The number of thiazole rings is 1. The van der Waals surface area contributed by atoms with Crippen LogP contribution in [0.5, 0.6) is 0 Å². The molecule has 0 unspecified atom stereocenters. The second kappa shape index (κ2) is 8.29. The summed E-state index contributed by atoms with van der Waals surface area (Å²) in [5, 5.41) is 15.3. The van der Waals surface area contributed by atoms with Crippen LogP contribution in [0, 0.1) is 0 Å². The molecule has 3 rings (SSSR count). The molecule has 8 heteroatoms. The average Bonchev–Trinajstić information content (AvgIpc) is 3.29. The molecule has 1 aromatic heterocycles. The Labute approximate surface area is 156 Å². The van der Waals surface area contributed by atoms with Crippen LogP contribution in [0.2, 0.25) is 0 Å². The molecule has 2 aromatic rings. The molecule has 1 saturated heterocycles. The summed E-state index contributed by atoms with van der Waals surface area (Å²) in [5.41, 5.74) is 1.33. The van der Waals surface area contributed by atoms with E-state index in [2.05, 4.69) is 10.3 Å². The molecule has 138 valence electrons. The summed E-state index contributed by atoms with van der Waals surface area (Å²) in [5.74, 6) is -0.919. The molecule has 1 atom stereocenters. The molecule has 7 nitrogen and oxygen atoms in total. The first kappa shape index (κ1) is 18.3. The summed E-state index contributed by atoms with van der Waals surface area (Å²) in [6.45, 7) is 2.03. The van der Waals surface area contributed by atoms with Crippen molar-refractivity contribution in [3.05, 3.63) is 46.4 Å². The quantitative estimate of drug-likeness (QED) is 0.812. The molecule has 26 heavy (non-hydrogen) atoms. The van der Waals surface area contributed by atoms with Gasteiger partial charge in [-0.3, -0.25) is 9.69 Å². The number of anilines is 1. The van der Waals surface area contributed by atoms with Crippen molar-refractivity contribution in [3.63, 3.8) is 0 Å². The molecule has 1 aliphatic rings. The van der Waals surface area contributed by atoms with Gasteiger partial charge in [0.05, 0.1) is 6.54 Å². The number of hydrogen-bond acceptors (Lipinski definition) is 5. The van der Waals surface area contributed by atoms with Crippen LogP contribution in [-0.4, -0.2) is 52.0 Å².